The molecule has 0 fully saturated rings. The van der Waals surface area contributed by atoms with Crippen LogP contribution in [0.2, 0.25) is 0 Å². The van der Waals surface area contributed by atoms with Crippen LogP contribution in [0.25, 0.3) is 22.6 Å². The van der Waals surface area contributed by atoms with Crippen LogP contribution >= 0.6 is 12.4 Å². The van der Waals surface area contributed by atoms with E-state index in [1.807, 2.05) is 49.3 Å². The van der Waals surface area contributed by atoms with Crippen molar-refractivity contribution in [3.8, 4) is 17.1 Å². The highest BCUT2D eigenvalue weighted by Gasteiger charge is 2.12. The molecule has 0 saturated heterocycles. The summed E-state index contributed by atoms with van der Waals surface area (Å²) in [5.41, 5.74) is 3.64. The first kappa shape index (κ1) is 15.1. The maximum absolute atomic E-state index is 5.48. The monoisotopic (exact) mass is 304 g/mol. The van der Waals surface area contributed by atoms with Crippen LogP contribution in [0.4, 0.5) is 5.69 Å². The number of rotatable bonds is 3. The van der Waals surface area contributed by atoms with E-state index >= 15 is 0 Å². The van der Waals surface area contributed by atoms with Crippen LogP contribution in [0.5, 0.6) is 5.75 Å². The molecule has 0 amide bonds. The molecule has 3 rings (SSSR count). The molecule has 0 spiro atoms. The van der Waals surface area contributed by atoms with Crippen LogP contribution in [0, 0.1) is 0 Å². The average molecular weight is 305 g/mol. The number of imidazole rings is 1. The molecule has 5 nitrogen and oxygen atoms in total. The van der Waals surface area contributed by atoms with Crippen molar-refractivity contribution in [3.05, 3.63) is 36.5 Å². The van der Waals surface area contributed by atoms with Crippen LogP contribution < -0.4 is 9.64 Å². The number of pyridine rings is 1. The molecule has 21 heavy (non-hydrogen) atoms. The fourth-order valence-corrected chi connectivity index (χ4v) is 2.13. The number of benzene rings is 1. The van der Waals surface area contributed by atoms with Gasteiger partial charge in [0.2, 0.25) is 0 Å². The van der Waals surface area contributed by atoms with Crippen LogP contribution in [-0.4, -0.2) is 36.2 Å². The number of aromatic nitrogens is 3. The van der Waals surface area contributed by atoms with E-state index in [9.17, 15) is 0 Å². The minimum Gasteiger partial charge on any atom is -0.496 e. The number of hydrogen-bond donors (Lipinski definition) is 1. The van der Waals surface area contributed by atoms with E-state index in [0.29, 0.717) is 5.65 Å². The van der Waals surface area contributed by atoms with Gasteiger partial charge in [0.15, 0.2) is 5.65 Å². The molecule has 3 aromatic rings. The van der Waals surface area contributed by atoms with Gasteiger partial charge >= 0.3 is 0 Å². The fourth-order valence-electron chi connectivity index (χ4n) is 2.13. The summed E-state index contributed by atoms with van der Waals surface area (Å²) in [6.45, 7) is 0. The molecule has 0 radical (unpaired) electrons. The minimum atomic E-state index is 0. The molecule has 0 atom stereocenters. The van der Waals surface area contributed by atoms with Gasteiger partial charge in [0.25, 0.3) is 0 Å². The van der Waals surface area contributed by atoms with Gasteiger partial charge in [0.05, 0.1) is 18.2 Å². The second-order valence-electron chi connectivity index (χ2n) is 4.74. The van der Waals surface area contributed by atoms with Gasteiger partial charge in [0.1, 0.15) is 11.6 Å². The first-order chi connectivity index (χ1) is 9.69. The number of fused-ring (bicyclic) bond motifs is 1. The first-order valence-electron chi connectivity index (χ1n) is 6.35. The number of methoxy groups -OCH3 is 1. The molecule has 2 aromatic heterocycles. The zero-order valence-corrected chi connectivity index (χ0v) is 12.9. The molecule has 2 heterocycles. The number of anilines is 1. The van der Waals surface area contributed by atoms with E-state index in [1.54, 1.807) is 13.3 Å². The molecular weight excluding hydrogens is 288 g/mol. The molecule has 6 heteroatoms. The number of nitrogens with zero attached hydrogens (tertiary/aromatic N) is 3. The Morgan fingerprint density at radius 1 is 1.19 bits per heavy atom. The molecule has 0 aliphatic carbocycles. The van der Waals surface area contributed by atoms with Crippen molar-refractivity contribution in [2.75, 3.05) is 26.1 Å². The van der Waals surface area contributed by atoms with Gasteiger partial charge in [-0.25, -0.2) is 9.97 Å². The van der Waals surface area contributed by atoms with E-state index in [0.717, 1.165) is 28.3 Å². The predicted molar refractivity (Wildman–Crippen MR) is 87.5 cm³/mol. The molecule has 0 bridgehead atoms. The summed E-state index contributed by atoms with van der Waals surface area (Å²) in [4.78, 5) is 14.0. The van der Waals surface area contributed by atoms with Crippen molar-refractivity contribution in [3.63, 3.8) is 0 Å². The lowest BCUT2D eigenvalue weighted by molar-refractivity contribution is 0.416. The van der Waals surface area contributed by atoms with E-state index in [1.165, 1.54) is 0 Å². The average Bonchev–Trinajstić information content (AvgIpc) is 2.90. The molecule has 0 saturated carbocycles. The van der Waals surface area contributed by atoms with Gasteiger partial charge in [-0.1, -0.05) is 0 Å². The third-order valence-electron chi connectivity index (χ3n) is 3.21. The smallest absolute Gasteiger partial charge is 0.178 e. The molecule has 110 valence electrons. The van der Waals surface area contributed by atoms with Gasteiger partial charge in [0, 0.05) is 32.0 Å². The van der Waals surface area contributed by atoms with Crippen molar-refractivity contribution >= 4 is 29.3 Å². The second-order valence-corrected chi connectivity index (χ2v) is 4.74. The summed E-state index contributed by atoms with van der Waals surface area (Å²) < 4.78 is 5.48. The predicted octanol–water partition coefficient (Wildman–Crippen LogP) is 3.12. The Morgan fingerprint density at radius 3 is 2.67 bits per heavy atom. The van der Waals surface area contributed by atoms with Crippen molar-refractivity contribution in [1.82, 2.24) is 15.0 Å². The highest BCUT2D eigenvalue weighted by Crippen LogP contribution is 2.32. The summed E-state index contributed by atoms with van der Waals surface area (Å²) in [7, 11) is 5.66. The molecular formula is C15H17ClN4O. The summed E-state index contributed by atoms with van der Waals surface area (Å²) in [6.07, 6.45) is 1.74. The Morgan fingerprint density at radius 2 is 2.00 bits per heavy atom. The standard InChI is InChI=1S/C15H16N4O.ClH/c1-19(2)10-6-7-11(13(9-10)20-3)14-17-12-5-4-8-16-15(12)18-14;/h4-9H,1-3H3,(H,16,17,18);1H. The Bertz CT molecular complexity index is 721. The van der Waals surface area contributed by atoms with Gasteiger partial charge < -0.3 is 14.6 Å². The Labute approximate surface area is 129 Å². The quantitative estimate of drug-likeness (QED) is 0.808. The molecule has 0 aliphatic heterocycles. The summed E-state index contributed by atoms with van der Waals surface area (Å²) in [6, 6.07) is 9.89. The Hall–Kier alpha value is -2.27. The number of nitrogens with one attached hydrogen (secondary N) is 1. The van der Waals surface area contributed by atoms with Crippen LogP contribution in [-0.2, 0) is 0 Å². The lowest BCUT2D eigenvalue weighted by Crippen LogP contribution is -2.08. The highest BCUT2D eigenvalue weighted by molar-refractivity contribution is 5.85. The Balaban J connectivity index is 0.00000161. The summed E-state index contributed by atoms with van der Waals surface area (Å²) in [5.74, 6) is 1.55. The van der Waals surface area contributed by atoms with Crippen LogP contribution in [0.1, 0.15) is 0 Å². The SMILES string of the molecule is COc1cc(N(C)C)ccc1-c1nc2ncccc2[nH]1.Cl. The van der Waals surface area contributed by atoms with Crippen molar-refractivity contribution in [2.24, 2.45) is 0 Å². The third kappa shape index (κ3) is 2.78. The van der Waals surface area contributed by atoms with Gasteiger partial charge in [-0.3, -0.25) is 0 Å². The maximum Gasteiger partial charge on any atom is 0.178 e. The number of halogens is 1. The number of hydrogen-bond acceptors (Lipinski definition) is 4. The van der Waals surface area contributed by atoms with Gasteiger partial charge in [-0.05, 0) is 24.3 Å². The third-order valence-corrected chi connectivity index (χ3v) is 3.21. The van der Waals surface area contributed by atoms with Crippen molar-refractivity contribution in [2.45, 2.75) is 0 Å². The van der Waals surface area contributed by atoms with Crippen molar-refractivity contribution in [1.29, 1.82) is 0 Å². The van der Waals surface area contributed by atoms with Gasteiger partial charge in [-0.2, -0.15) is 0 Å². The normalized spacial score (nSPS) is 10.2. The molecule has 0 unspecified atom stereocenters. The topological polar surface area (TPSA) is 54.0 Å². The lowest BCUT2D eigenvalue weighted by Gasteiger charge is -2.15. The van der Waals surface area contributed by atoms with Gasteiger partial charge in [-0.15, -0.1) is 12.4 Å². The van der Waals surface area contributed by atoms with Crippen LogP contribution in [0.15, 0.2) is 36.5 Å². The Kier molecular flexibility index (Phi) is 4.33. The lowest BCUT2D eigenvalue weighted by atomic mass is 10.1. The number of aromatic amines is 1. The number of ether oxygens (including phenoxy) is 1. The minimum absolute atomic E-state index is 0. The summed E-state index contributed by atoms with van der Waals surface area (Å²) in [5, 5.41) is 0. The van der Waals surface area contributed by atoms with E-state index < -0.39 is 0 Å². The first-order valence-corrected chi connectivity index (χ1v) is 6.35. The zero-order chi connectivity index (χ0) is 14.1. The fraction of sp³-hybridized carbons (Fsp3) is 0.200. The van der Waals surface area contributed by atoms with E-state index in [2.05, 4.69) is 15.0 Å². The maximum atomic E-state index is 5.48. The number of H-pyrrole nitrogens is 1. The zero-order valence-electron chi connectivity index (χ0n) is 12.1. The van der Waals surface area contributed by atoms with Crippen molar-refractivity contribution < 1.29 is 4.74 Å². The molecule has 0 aliphatic rings. The molecule has 1 N–H and O–H groups in total. The largest absolute Gasteiger partial charge is 0.496 e. The van der Waals surface area contributed by atoms with Crippen LogP contribution in [0.3, 0.4) is 0 Å². The highest BCUT2D eigenvalue weighted by atomic mass is 35.5. The summed E-state index contributed by atoms with van der Waals surface area (Å²) >= 11 is 0. The molecule has 1 aromatic carbocycles. The van der Waals surface area contributed by atoms with E-state index in [4.69, 9.17) is 4.74 Å². The second kappa shape index (κ2) is 6.01. The van der Waals surface area contributed by atoms with E-state index in [-0.39, 0.29) is 12.4 Å².